The van der Waals surface area contributed by atoms with Gasteiger partial charge in [0.25, 0.3) is 0 Å². The van der Waals surface area contributed by atoms with Gasteiger partial charge in [0.1, 0.15) is 3.92 Å². The molecule has 0 radical (unpaired) electrons. The summed E-state index contributed by atoms with van der Waals surface area (Å²) in [7, 11) is 0. The second-order valence-electron chi connectivity index (χ2n) is 4.10. The fourth-order valence-corrected chi connectivity index (χ4v) is 3.36. The molecule has 0 aromatic heterocycles. The van der Waals surface area contributed by atoms with Crippen molar-refractivity contribution in [2.24, 2.45) is 0 Å². The number of hydrogen-bond acceptors (Lipinski definition) is 5. The van der Waals surface area contributed by atoms with E-state index in [-0.39, 0.29) is 15.9 Å². The SMILES string of the molecule is CCOC(=O)c1ccc(SCCC(I)C(=O)OCC)cc1. The van der Waals surface area contributed by atoms with Gasteiger partial charge in [-0.05, 0) is 50.3 Å². The first-order chi connectivity index (χ1) is 10.1. The third-order valence-corrected chi connectivity index (χ3v) is 4.72. The Morgan fingerprint density at radius 2 is 1.76 bits per heavy atom. The molecular weight excluding hydrogens is 403 g/mol. The number of ether oxygens (including phenoxy) is 2. The Labute approximate surface area is 143 Å². The molecular formula is C15H19IO4S. The lowest BCUT2D eigenvalue weighted by Crippen LogP contribution is -2.17. The molecule has 4 nitrogen and oxygen atoms in total. The topological polar surface area (TPSA) is 52.6 Å². The van der Waals surface area contributed by atoms with Gasteiger partial charge >= 0.3 is 11.9 Å². The molecule has 0 aliphatic heterocycles. The molecule has 1 unspecified atom stereocenters. The normalized spacial score (nSPS) is 11.8. The highest BCUT2D eigenvalue weighted by Gasteiger charge is 2.15. The number of halogens is 1. The number of alkyl halides is 1. The average Bonchev–Trinajstić information content (AvgIpc) is 2.48. The molecule has 0 aliphatic rings. The average molecular weight is 422 g/mol. The minimum Gasteiger partial charge on any atom is -0.465 e. The first kappa shape index (κ1) is 18.3. The van der Waals surface area contributed by atoms with Crippen molar-refractivity contribution in [1.82, 2.24) is 0 Å². The van der Waals surface area contributed by atoms with E-state index in [9.17, 15) is 9.59 Å². The summed E-state index contributed by atoms with van der Waals surface area (Å²) in [4.78, 5) is 24.1. The molecule has 0 amide bonds. The fourth-order valence-electron chi connectivity index (χ4n) is 1.53. The molecule has 0 N–H and O–H groups in total. The summed E-state index contributed by atoms with van der Waals surface area (Å²) in [5, 5.41) is 0. The maximum absolute atomic E-state index is 11.5. The van der Waals surface area contributed by atoms with Crippen LogP contribution in [0.1, 0.15) is 30.6 Å². The van der Waals surface area contributed by atoms with Crippen molar-refractivity contribution >= 4 is 46.3 Å². The summed E-state index contributed by atoms with van der Waals surface area (Å²) >= 11 is 3.76. The fraction of sp³-hybridized carbons (Fsp3) is 0.467. The van der Waals surface area contributed by atoms with Crippen LogP contribution < -0.4 is 0 Å². The van der Waals surface area contributed by atoms with Crippen LogP contribution in [0.4, 0.5) is 0 Å². The Bertz CT molecular complexity index is 461. The Kier molecular flexibility index (Phi) is 8.75. The van der Waals surface area contributed by atoms with Crippen LogP contribution in [-0.2, 0) is 14.3 Å². The molecule has 116 valence electrons. The van der Waals surface area contributed by atoms with Crippen molar-refractivity contribution in [2.45, 2.75) is 29.1 Å². The molecule has 1 atom stereocenters. The number of benzene rings is 1. The van der Waals surface area contributed by atoms with Crippen LogP contribution in [0, 0.1) is 0 Å². The van der Waals surface area contributed by atoms with E-state index in [0.717, 1.165) is 17.1 Å². The van der Waals surface area contributed by atoms with Gasteiger partial charge in [-0.1, -0.05) is 22.6 Å². The smallest absolute Gasteiger partial charge is 0.338 e. The van der Waals surface area contributed by atoms with Crippen molar-refractivity contribution in [3.8, 4) is 0 Å². The molecule has 0 saturated heterocycles. The molecule has 1 aromatic carbocycles. The molecule has 0 bridgehead atoms. The van der Waals surface area contributed by atoms with Crippen molar-refractivity contribution < 1.29 is 19.1 Å². The van der Waals surface area contributed by atoms with E-state index in [0.29, 0.717) is 18.8 Å². The van der Waals surface area contributed by atoms with Crippen LogP contribution in [0.5, 0.6) is 0 Å². The summed E-state index contributed by atoms with van der Waals surface area (Å²) in [5.74, 6) is 0.366. The summed E-state index contributed by atoms with van der Waals surface area (Å²) < 4.78 is 9.78. The van der Waals surface area contributed by atoms with Gasteiger partial charge in [-0.3, -0.25) is 4.79 Å². The van der Waals surface area contributed by atoms with E-state index < -0.39 is 0 Å². The monoisotopic (exact) mass is 422 g/mol. The van der Waals surface area contributed by atoms with Crippen molar-refractivity contribution in [2.75, 3.05) is 19.0 Å². The molecule has 0 saturated carbocycles. The van der Waals surface area contributed by atoms with Crippen LogP contribution in [-0.4, -0.2) is 34.8 Å². The molecule has 1 aromatic rings. The third-order valence-electron chi connectivity index (χ3n) is 2.55. The summed E-state index contributed by atoms with van der Waals surface area (Å²) in [6.07, 6.45) is 0.754. The first-order valence-electron chi connectivity index (χ1n) is 6.79. The molecule has 1 rings (SSSR count). The molecule has 0 aliphatic carbocycles. The molecule has 0 spiro atoms. The van der Waals surface area contributed by atoms with Gasteiger partial charge in [0, 0.05) is 4.90 Å². The lowest BCUT2D eigenvalue weighted by atomic mass is 10.2. The number of carbonyl (C=O) groups is 2. The van der Waals surface area contributed by atoms with Crippen LogP contribution in [0.15, 0.2) is 29.2 Å². The van der Waals surface area contributed by atoms with Crippen molar-refractivity contribution in [1.29, 1.82) is 0 Å². The van der Waals surface area contributed by atoms with Crippen molar-refractivity contribution in [3.63, 3.8) is 0 Å². The van der Waals surface area contributed by atoms with E-state index in [1.807, 2.05) is 12.1 Å². The summed E-state index contributed by atoms with van der Waals surface area (Å²) in [6, 6.07) is 7.30. The Morgan fingerprint density at radius 3 is 2.33 bits per heavy atom. The second kappa shape index (κ2) is 10.0. The minimum absolute atomic E-state index is 0.117. The maximum Gasteiger partial charge on any atom is 0.338 e. The van der Waals surface area contributed by atoms with Crippen LogP contribution in [0.3, 0.4) is 0 Å². The highest BCUT2D eigenvalue weighted by Crippen LogP contribution is 2.22. The Balaban J connectivity index is 2.39. The predicted octanol–water partition coefficient (Wildman–Crippen LogP) is 3.71. The third kappa shape index (κ3) is 6.69. The van der Waals surface area contributed by atoms with Gasteiger partial charge in [0.15, 0.2) is 0 Å². The second-order valence-corrected chi connectivity index (χ2v) is 6.77. The minimum atomic E-state index is -0.302. The van der Waals surface area contributed by atoms with Crippen LogP contribution in [0.25, 0.3) is 0 Å². The lowest BCUT2D eigenvalue weighted by Gasteiger charge is -2.08. The van der Waals surface area contributed by atoms with E-state index in [2.05, 4.69) is 22.6 Å². The zero-order chi connectivity index (χ0) is 15.7. The lowest BCUT2D eigenvalue weighted by molar-refractivity contribution is -0.142. The highest BCUT2D eigenvalue weighted by molar-refractivity contribution is 14.1. The van der Waals surface area contributed by atoms with Gasteiger partial charge in [-0.2, -0.15) is 0 Å². The predicted molar refractivity (Wildman–Crippen MR) is 92.2 cm³/mol. The highest BCUT2D eigenvalue weighted by atomic mass is 127. The molecule has 6 heteroatoms. The zero-order valence-electron chi connectivity index (χ0n) is 12.1. The van der Waals surface area contributed by atoms with Gasteiger partial charge in [0.2, 0.25) is 0 Å². The number of hydrogen-bond donors (Lipinski definition) is 0. The first-order valence-corrected chi connectivity index (χ1v) is 9.02. The quantitative estimate of drug-likeness (QED) is 0.277. The summed E-state index contributed by atoms with van der Waals surface area (Å²) in [5.41, 5.74) is 0.555. The Morgan fingerprint density at radius 1 is 1.14 bits per heavy atom. The largest absolute Gasteiger partial charge is 0.465 e. The van der Waals surface area contributed by atoms with E-state index in [4.69, 9.17) is 9.47 Å². The number of esters is 2. The number of rotatable bonds is 8. The van der Waals surface area contributed by atoms with Gasteiger partial charge in [-0.15, -0.1) is 11.8 Å². The van der Waals surface area contributed by atoms with E-state index >= 15 is 0 Å². The van der Waals surface area contributed by atoms with E-state index in [1.54, 1.807) is 37.7 Å². The van der Waals surface area contributed by atoms with Crippen LogP contribution >= 0.6 is 34.4 Å². The van der Waals surface area contributed by atoms with Gasteiger partial charge in [-0.25, -0.2) is 4.79 Å². The molecule has 0 fully saturated rings. The van der Waals surface area contributed by atoms with Crippen LogP contribution in [0.2, 0.25) is 0 Å². The number of carbonyl (C=O) groups excluding carboxylic acids is 2. The molecule has 0 heterocycles. The van der Waals surface area contributed by atoms with Gasteiger partial charge < -0.3 is 9.47 Å². The molecule has 21 heavy (non-hydrogen) atoms. The zero-order valence-corrected chi connectivity index (χ0v) is 15.1. The van der Waals surface area contributed by atoms with Gasteiger partial charge in [0.05, 0.1) is 18.8 Å². The Hall–Kier alpha value is -0.760. The standard InChI is InChI=1S/C15H19IO4S/c1-3-19-14(17)11-5-7-12(8-6-11)21-10-9-13(16)15(18)20-4-2/h5-8,13H,3-4,9-10H2,1-2H3. The maximum atomic E-state index is 11.5. The van der Waals surface area contributed by atoms with E-state index in [1.165, 1.54) is 0 Å². The van der Waals surface area contributed by atoms with Crippen molar-refractivity contribution in [3.05, 3.63) is 29.8 Å². The number of thioether (sulfide) groups is 1. The summed E-state index contributed by atoms with van der Waals surface area (Å²) in [6.45, 7) is 4.38.